The highest BCUT2D eigenvalue weighted by Crippen LogP contribution is 2.16. The van der Waals surface area contributed by atoms with Gasteiger partial charge >= 0.3 is 8.80 Å². The van der Waals surface area contributed by atoms with Crippen molar-refractivity contribution < 1.29 is 22.9 Å². The Labute approximate surface area is 84.7 Å². The smallest absolute Gasteiger partial charge is 0.377 e. The summed E-state index contributed by atoms with van der Waals surface area (Å²) in [5, 5.41) is 0. The summed E-state index contributed by atoms with van der Waals surface area (Å²) < 4.78 is 15.4. The molecule has 0 fully saturated rings. The highest BCUT2D eigenvalue weighted by atomic mass is 28.4. The van der Waals surface area contributed by atoms with Gasteiger partial charge in [-0.3, -0.25) is 9.59 Å². The van der Waals surface area contributed by atoms with Crippen LogP contribution in [-0.4, -0.2) is 42.2 Å². The van der Waals surface area contributed by atoms with Crippen molar-refractivity contribution in [3.8, 4) is 0 Å². The van der Waals surface area contributed by atoms with Crippen molar-refractivity contribution in [2.75, 3.05) is 21.3 Å². The normalized spacial score (nSPS) is 11.4. The average Bonchev–Trinajstić information content (AvgIpc) is 2.25. The minimum Gasteiger partial charge on any atom is -0.377 e. The van der Waals surface area contributed by atoms with Gasteiger partial charge in [0, 0.05) is 33.8 Å². The first kappa shape index (κ1) is 13.4. The summed E-state index contributed by atoms with van der Waals surface area (Å²) in [7, 11) is 1.98. The van der Waals surface area contributed by atoms with Crippen LogP contribution in [-0.2, 0) is 22.9 Å². The molecule has 5 nitrogen and oxygen atoms in total. The van der Waals surface area contributed by atoms with Crippen molar-refractivity contribution in [3.63, 3.8) is 0 Å². The summed E-state index contributed by atoms with van der Waals surface area (Å²) >= 11 is 0. The zero-order valence-corrected chi connectivity index (χ0v) is 9.74. The molecule has 6 heteroatoms. The number of carbonyl (C=O) groups excluding carboxylic acids is 2. The summed E-state index contributed by atoms with van der Waals surface area (Å²) in [6.07, 6.45) is 1.09. The van der Waals surface area contributed by atoms with E-state index in [9.17, 15) is 9.59 Å². The summed E-state index contributed by atoms with van der Waals surface area (Å²) in [6.45, 7) is 0. The van der Waals surface area contributed by atoms with E-state index in [4.69, 9.17) is 13.3 Å². The van der Waals surface area contributed by atoms with Crippen LogP contribution in [0, 0.1) is 0 Å². The molecule has 0 amide bonds. The van der Waals surface area contributed by atoms with Crippen LogP contribution >= 0.6 is 0 Å². The Morgan fingerprint density at radius 3 is 2.07 bits per heavy atom. The molecule has 0 aromatic carbocycles. The first-order chi connectivity index (χ1) is 6.64. The topological polar surface area (TPSA) is 61.8 Å². The van der Waals surface area contributed by atoms with Crippen LogP contribution in [0.1, 0.15) is 12.8 Å². The van der Waals surface area contributed by atoms with Gasteiger partial charge in [0.15, 0.2) is 12.1 Å². The average molecular weight is 220 g/mol. The fraction of sp³-hybridized carbons (Fsp3) is 0.750. The van der Waals surface area contributed by atoms with E-state index >= 15 is 0 Å². The Bertz CT molecular complexity index is 182. The summed E-state index contributed by atoms with van der Waals surface area (Å²) in [5.74, 6) is -0.406. The Balaban J connectivity index is 3.94. The number of hydrogen-bond acceptors (Lipinski definition) is 5. The third-order valence-corrected chi connectivity index (χ3v) is 4.80. The van der Waals surface area contributed by atoms with Crippen molar-refractivity contribution in [3.05, 3.63) is 0 Å². The molecule has 0 aromatic rings. The van der Waals surface area contributed by atoms with Crippen molar-refractivity contribution in [2.45, 2.75) is 18.9 Å². The second kappa shape index (κ2) is 6.83. The van der Waals surface area contributed by atoms with E-state index in [0.29, 0.717) is 18.8 Å². The maximum absolute atomic E-state index is 10.7. The quantitative estimate of drug-likeness (QED) is 0.337. The van der Waals surface area contributed by atoms with Crippen LogP contribution in [0.5, 0.6) is 0 Å². The van der Waals surface area contributed by atoms with Gasteiger partial charge in [0.1, 0.15) is 0 Å². The highest BCUT2D eigenvalue weighted by molar-refractivity contribution is 6.60. The molecule has 14 heavy (non-hydrogen) atoms. The highest BCUT2D eigenvalue weighted by Gasteiger charge is 2.36. The Kier molecular flexibility index (Phi) is 6.55. The lowest BCUT2D eigenvalue weighted by molar-refractivity contribution is -0.129. The Morgan fingerprint density at radius 1 is 1.21 bits per heavy atom. The lowest BCUT2D eigenvalue weighted by Crippen LogP contribution is -2.42. The molecule has 0 aliphatic carbocycles. The third kappa shape index (κ3) is 4.10. The molecule has 0 atom stereocenters. The maximum Gasteiger partial charge on any atom is 0.500 e. The molecule has 0 bridgehead atoms. The lowest BCUT2D eigenvalue weighted by atomic mass is 10.2. The monoisotopic (exact) mass is 220 g/mol. The zero-order chi connectivity index (χ0) is 11.0. The molecule has 0 heterocycles. The predicted molar refractivity (Wildman–Crippen MR) is 51.9 cm³/mol. The van der Waals surface area contributed by atoms with Gasteiger partial charge in [-0.1, -0.05) is 0 Å². The van der Waals surface area contributed by atoms with Gasteiger partial charge < -0.3 is 13.3 Å². The van der Waals surface area contributed by atoms with Crippen LogP contribution in [0.4, 0.5) is 0 Å². The van der Waals surface area contributed by atoms with Crippen molar-refractivity contribution >= 4 is 20.9 Å². The molecular weight excluding hydrogens is 204 g/mol. The number of hydrogen-bond donors (Lipinski definition) is 0. The van der Waals surface area contributed by atoms with Gasteiger partial charge in [0.05, 0.1) is 0 Å². The minimum atomic E-state index is -2.57. The van der Waals surface area contributed by atoms with Crippen molar-refractivity contribution in [1.82, 2.24) is 0 Å². The van der Waals surface area contributed by atoms with Gasteiger partial charge in [0.25, 0.3) is 0 Å². The zero-order valence-electron chi connectivity index (χ0n) is 8.74. The van der Waals surface area contributed by atoms with Crippen molar-refractivity contribution in [1.29, 1.82) is 0 Å². The second-order valence-electron chi connectivity index (χ2n) is 2.73. The minimum absolute atomic E-state index is 0.217. The van der Waals surface area contributed by atoms with E-state index in [1.165, 1.54) is 21.3 Å². The number of aldehydes is 1. The summed E-state index contributed by atoms with van der Waals surface area (Å²) in [6, 6.07) is 0.538. The number of Topliss-reactive ketones (excluding diaryl/α,β-unsaturated/α-hetero) is 1. The Hall–Kier alpha value is -0.563. The standard InChI is InChI=1S/C8H16O5Si/c1-11-14(12-2,13-3)6-4-5-8(10)7-9/h7H,4-6H2,1-3H3. The van der Waals surface area contributed by atoms with Gasteiger partial charge in [-0.2, -0.15) is 0 Å². The van der Waals surface area contributed by atoms with E-state index in [-0.39, 0.29) is 6.42 Å². The van der Waals surface area contributed by atoms with Gasteiger partial charge in [-0.15, -0.1) is 0 Å². The van der Waals surface area contributed by atoms with Crippen molar-refractivity contribution in [2.24, 2.45) is 0 Å². The van der Waals surface area contributed by atoms with E-state index in [1.54, 1.807) is 0 Å². The summed E-state index contributed by atoms with van der Waals surface area (Å²) in [5.41, 5.74) is 0. The molecule has 0 N–H and O–H groups in total. The molecule has 0 aliphatic heterocycles. The van der Waals surface area contributed by atoms with Crippen LogP contribution in [0.3, 0.4) is 0 Å². The second-order valence-corrected chi connectivity index (χ2v) is 5.82. The lowest BCUT2D eigenvalue weighted by Gasteiger charge is -2.23. The van der Waals surface area contributed by atoms with Gasteiger partial charge in [-0.25, -0.2) is 0 Å². The largest absolute Gasteiger partial charge is 0.500 e. The molecule has 82 valence electrons. The molecule has 0 rings (SSSR count). The number of carbonyl (C=O) groups is 2. The molecule has 0 spiro atoms. The van der Waals surface area contributed by atoms with Crippen LogP contribution in [0.25, 0.3) is 0 Å². The summed E-state index contributed by atoms with van der Waals surface area (Å²) in [4.78, 5) is 20.7. The number of rotatable bonds is 8. The van der Waals surface area contributed by atoms with Crippen LogP contribution in [0.15, 0.2) is 0 Å². The first-order valence-corrected chi connectivity index (χ1v) is 6.20. The van der Waals surface area contributed by atoms with E-state index in [0.717, 1.165) is 0 Å². The number of ketones is 1. The van der Waals surface area contributed by atoms with Gasteiger partial charge in [-0.05, 0) is 6.42 Å². The molecule has 0 radical (unpaired) electrons. The van der Waals surface area contributed by atoms with Gasteiger partial charge in [0.2, 0.25) is 0 Å². The fourth-order valence-corrected chi connectivity index (χ4v) is 2.82. The third-order valence-electron chi connectivity index (χ3n) is 1.97. The Morgan fingerprint density at radius 2 is 1.71 bits per heavy atom. The van der Waals surface area contributed by atoms with E-state index in [1.807, 2.05) is 0 Å². The molecular formula is C8H16O5Si. The molecule has 0 unspecified atom stereocenters. The maximum atomic E-state index is 10.7. The van der Waals surface area contributed by atoms with Crippen LogP contribution < -0.4 is 0 Å². The van der Waals surface area contributed by atoms with E-state index in [2.05, 4.69) is 0 Å². The SMILES string of the molecule is CO[Si](CCCC(=O)C=O)(OC)OC. The molecule has 0 aromatic heterocycles. The first-order valence-electron chi connectivity index (χ1n) is 4.27. The molecule has 0 aliphatic rings. The van der Waals surface area contributed by atoms with Crippen LogP contribution in [0.2, 0.25) is 6.04 Å². The molecule has 0 saturated carbocycles. The molecule has 0 saturated heterocycles. The fourth-order valence-electron chi connectivity index (χ4n) is 1.09. The van der Waals surface area contributed by atoms with E-state index < -0.39 is 14.6 Å². The predicted octanol–water partition coefficient (Wildman–Crippen LogP) is 0.413.